The van der Waals surface area contributed by atoms with Crippen LogP contribution >= 0.6 is 0 Å². The summed E-state index contributed by atoms with van der Waals surface area (Å²) in [6, 6.07) is 1.48. The zero-order valence-electron chi connectivity index (χ0n) is 9.39. The van der Waals surface area contributed by atoms with Crippen molar-refractivity contribution in [2.24, 2.45) is 5.92 Å². The molecule has 1 saturated carbocycles. The Morgan fingerprint density at radius 2 is 2.07 bits per heavy atom. The van der Waals surface area contributed by atoms with Gasteiger partial charge in [-0.2, -0.15) is 0 Å². The number of nitrogens with one attached hydrogen (secondary N) is 2. The van der Waals surface area contributed by atoms with Crippen molar-refractivity contribution in [2.75, 3.05) is 13.1 Å². The van der Waals surface area contributed by atoms with Crippen molar-refractivity contribution in [1.82, 2.24) is 10.6 Å². The molecule has 1 aliphatic heterocycles. The predicted molar refractivity (Wildman–Crippen MR) is 60.4 cm³/mol. The van der Waals surface area contributed by atoms with Crippen molar-refractivity contribution in [2.45, 2.75) is 57.5 Å². The number of rotatable bonds is 4. The summed E-state index contributed by atoms with van der Waals surface area (Å²) in [6.07, 6.45) is 8.51. The van der Waals surface area contributed by atoms with Crippen LogP contribution in [0.5, 0.6) is 0 Å². The highest BCUT2D eigenvalue weighted by Gasteiger charge is 2.24. The first-order chi connectivity index (χ1) is 6.86. The molecule has 2 unspecified atom stereocenters. The molecule has 1 heterocycles. The van der Waals surface area contributed by atoms with Crippen LogP contribution in [0, 0.1) is 5.92 Å². The van der Waals surface area contributed by atoms with E-state index in [4.69, 9.17) is 0 Å². The van der Waals surface area contributed by atoms with Gasteiger partial charge in [0.15, 0.2) is 0 Å². The molecule has 0 bridgehead atoms. The van der Waals surface area contributed by atoms with Gasteiger partial charge in [-0.05, 0) is 45.1 Å². The van der Waals surface area contributed by atoms with Crippen LogP contribution in [0.3, 0.4) is 0 Å². The van der Waals surface area contributed by atoms with Crippen LogP contribution in [0.1, 0.15) is 45.4 Å². The monoisotopic (exact) mass is 196 g/mol. The lowest BCUT2D eigenvalue weighted by Gasteiger charge is -2.34. The van der Waals surface area contributed by atoms with Crippen LogP contribution < -0.4 is 10.6 Å². The summed E-state index contributed by atoms with van der Waals surface area (Å²) in [5, 5.41) is 7.28. The molecule has 0 aromatic heterocycles. The molecule has 2 nitrogen and oxygen atoms in total. The summed E-state index contributed by atoms with van der Waals surface area (Å²) in [5.74, 6) is 0.971. The molecule has 1 aliphatic carbocycles. The first-order valence-electron chi connectivity index (χ1n) is 6.33. The summed E-state index contributed by atoms with van der Waals surface area (Å²) >= 11 is 0. The molecular formula is C12H24N2. The van der Waals surface area contributed by atoms with Gasteiger partial charge in [0.05, 0.1) is 0 Å². The molecular weight excluding hydrogens is 172 g/mol. The molecule has 2 aliphatic rings. The third kappa shape index (κ3) is 2.71. The van der Waals surface area contributed by atoms with Crippen molar-refractivity contribution >= 4 is 0 Å². The number of piperidine rings is 1. The highest BCUT2D eigenvalue weighted by molar-refractivity contribution is 4.82. The second-order valence-electron chi connectivity index (χ2n) is 5.03. The molecule has 0 amide bonds. The summed E-state index contributed by atoms with van der Waals surface area (Å²) in [7, 11) is 0. The first-order valence-corrected chi connectivity index (χ1v) is 6.33. The van der Waals surface area contributed by atoms with Crippen molar-refractivity contribution in [3.63, 3.8) is 0 Å². The minimum atomic E-state index is 0.742. The summed E-state index contributed by atoms with van der Waals surface area (Å²) < 4.78 is 0. The fourth-order valence-electron chi connectivity index (χ4n) is 2.53. The predicted octanol–water partition coefficient (Wildman–Crippen LogP) is 1.91. The van der Waals surface area contributed by atoms with Gasteiger partial charge in [-0.25, -0.2) is 0 Å². The average molecular weight is 196 g/mol. The number of hydrogen-bond donors (Lipinski definition) is 2. The lowest BCUT2D eigenvalue weighted by Crippen LogP contribution is -2.46. The van der Waals surface area contributed by atoms with Gasteiger partial charge < -0.3 is 10.6 Å². The maximum Gasteiger partial charge on any atom is 0.0192 e. The van der Waals surface area contributed by atoms with E-state index in [2.05, 4.69) is 17.6 Å². The Labute approximate surface area is 87.8 Å². The summed E-state index contributed by atoms with van der Waals surface area (Å²) in [4.78, 5) is 0. The minimum absolute atomic E-state index is 0.742. The van der Waals surface area contributed by atoms with Gasteiger partial charge >= 0.3 is 0 Å². The Morgan fingerprint density at radius 1 is 1.21 bits per heavy atom. The smallest absolute Gasteiger partial charge is 0.0192 e. The van der Waals surface area contributed by atoms with Crippen LogP contribution in [0.4, 0.5) is 0 Å². The van der Waals surface area contributed by atoms with Gasteiger partial charge in [-0.1, -0.05) is 12.8 Å². The number of hydrogen-bond acceptors (Lipinski definition) is 2. The molecule has 0 aromatic rings. The maximum atomic E-state index is 3.69. The third-order valence-corrected chi connectivity index (χ3v) is 3.96. The van der Waals surface area contributed by atoms with E-state index < -0.39 is 0 Å². The van der Waals surface area contributed by atoms with Crippen LogP contribution in [-0.4, -0.2) is 25.2 Å². The SMILES string of the molecule is CC(NCC1CCCCN1)C1CCC1. The molecule has 2 rings (SSSR count). The van der Waals surface area contributed by atoms with E-state index in [1.54, 1.807) is 0 Å². The average Bonchev–Trinajstić information content (AvgIpc) is 2.14. The first kappa shape index (κ1) is 10.4. The Hall–Kier alpha value is -0.0800. The van der Waals surface area contributed by atoms with Crippen molar-refractivity contribution < 1.29 is 0 Å². The fraction of sp³-hybridized carbons (Fsp3) is 1.00. The van der Waals surface area contributed by atoms with Gasteiger partial charge in [0.25, 0.3) is 0 Å². The molecule has 2 N–H and O–H groups in total. The van der Waals surface area contributed by atoms with Crippen molar-refractivity contribution in [3.05, 3.63) is 0 Å². The fourth-order valence-corrected chi connectivity index (χ4v) is 2.53. The molecule has 2 fully saturated rings. The molecule has 0 radical (unpaired) electrons. The zero-order chi connectivity index (χ0) is 9.80. The van der Waals surface area contributed by atoms with Gasteiger partial charge in [-0.3, -0.25) is 0 Å². The largest absolute Gasteiger partial charge is 0.313 e. The topological polar surface area (TPSA) is 24.1 Å². The Morgan fingerprint density at radius 3 is 2.64 bits per heavy atom. The molecule has 1 saturated heterocycles. The highest BCUT2D eigenvalue weighted by atomic mass is 15.0. The molecule has 82 valence electrons. The van der Waals surface area contributed by atoms with Gasteiger partial charge in [0.1, 0.15) is 0 Å². The van der Waals surface area contributed by atoms with Crippen LogP contribution in [0.2, 0.25) is 0 Å². The zero-order valence-corrected chi connectivity index (χ0v) is 9.39. The Kier molecular flexibility index (Phi) is 3.82. The van der Waals surface area contributed by atoms with Gasteiger partial charge in [0, 0.05) is 18.6 Å². The Balaban J connectivity index is 1.60. The molecule has 2 heteroatoms. The van der Waals surface area contributed by atoms with Crippen molar-refractivity contribution in [3.8, 4) is 0 Å². The quantitative estimate of drug-likeness (QED) is 0.717. The molecule has 14 heavy (non-hydrogen) atoms. The van der Waals surface area contributed by atoms with Crippen LogP contribution in [0.15, 0.2) is 0 Å². The van der Waals surface area contributed by atoms with Crippen molar-refractivity contribution in [1.29, 1.82) is 0 Å². The third-order valence-electron chi connectivity index (χ3n) is 3.96. The minimum Gasteiger partial charge on any atom is -0.313 e. The van der Waals surface area contributed by atoms with E-state index in [1.165, 1.54) is 51.6 Å². The maximum absolute atomic E-state index is 3.69. The molecule has 0 spiro atoms. The standard InChI is InChI=1S/C12H24N2/c1-10(11-5-4-6-11)14-9-12-7-2-3-8-13-12/h10-14H,2-9H2,1H3. The molecule has 0 aromatic carbocycles. The van der Waals surface area contributed by atoms with E-state index in [0.717, 1.165) is 18.0 Å². The van der Waals surface area contributed by atoms with Crippen LogP contribution in [0.25, 0.3) is 0 Å². The van der Waals surface area contributed by atoms with E-state index in [-0.39, 0.29) is 0 Å². The van der Waals surface area contributed by atoms with Gasteiger partial charge in [0.2, 0.25) is 0 Å². The summed E-state index contributed by atoms with van der Waals surface area (Å²) in [6.45, 7) is 4.76. The van der Waals surface area contributed by atoms with E-state index in [9.17, 15) is 0 Å². The lowest BCUT2D eigenvalue weighted by atomic mass is 9.80. The second kappa shape index (κ2) is 5.13. The highest BCUT2D eigenvalue weighted by Crippen LogP contribution is 2.29. The Bertz CT molecular complexity index is 158. The summed E-state index contributed by atoms with van der Waals surface area (Å²) in [5.41, 5.74) is 0. The van der Waals surface area contributed by atoms with E-state index in [1.807, 2.05) is 0 Å². The normalized spacial score (nSPS) is 31.1. The lowest BCUT2D eigenvalue weighted by molar-refractivity contribution is 0.232. The molecule has 2 atom stereocenters. The van der Waals surface area contributed by atoms with Crippen LogP contribution in [-0.2, 0) is 0 Å². The van der Waals surface area contributed by atoms with E-state index >= 15 is 0 Å². The van der Waals surface area contributed by atoms with Gasteiger partial charge in [-0.15, -0.1) is 0 Å². The van der Waals surface area contributed by atoms with E-state index in [0.29, 0.717) is 0 Å². The second-order valence-corrected chi connectivity index (χ2v) is 5.03.